The van der Waals surface area contributed by atoms with E-state index in [2.05, 4.69) is 15.6 Å². The molecule has 8 nitrogen and oxygen atoms in total. The largest absolute Gasteiger partial charge is 0.497 e. The third kappa shape index (κ3) is 4.59. The number of hydrogen-bond donors (Lipinski definition) is 2. The van der Waals surface area contributed by atoms with Gasteiger partial charge in [0.15, 0.2) is 0 Å². The highest BCUT2D eigenvalue weighted by Gasteiger charge is 2.25. The van der Waals surface area contributed by atoms with Crippen LogP contribution < -0.4 is 20.9 Å². The molecule has 4 rings (SSSR count). The van der Waals surface area contributed by atoms with Crippen molar-refractivity contribution >= 4 is 17.7 Å². The number of aryl methyl sites for hydroxylation is 1. The van der Waals surface area contributed by atoms with Gasteiger partial charge in [-0.05, 0) is 43.2 Å². The van der Waals surface area contributed by atoms with Gasteiger partial charge in [-0.1, -0.05) is 29.8 Å². The van der Waals surface area contributed by atoms with E-state index in [4.69, 9.17) is 4.74 Å². The number of amides is 2. The number of rotatable bonds is 5. The van der Waals surface area contributed by atoms with E-state index in [0.717, 1.165) is 22.6 Å². The van der Waals surface area contributed by atoms with Crippen LogP contribution in [0.25, 0.3) is 0 Å². The van der Waals surface area contributed by atoms with Crippen LogP contribution in [0, 0.1) is 6.92 Å². The molecule has 0 saturated carbocycles. The van der Waals surface area contributed by atoms with E-state index in [9.17, 15) is 9.59 Å². The van der Waals surface area contributed by atoms with Gasteiger partial charge in [0.05, 0.1) is 19.3 Å². The Kier molecular flexibility index (Phi) is 6.11. The Morgan fingerprint density at radius 1 is 1.12 bits per heavy atom. The van der Waals surface area contributed by atoms with Crippen molar-refractivity contribution in [1.82, 2.24) is 14.5 Å². The van der Waals surface area contributed by atoms with Crippen LogP contribution in [0.4, 0.5) is 16.4 Å². The van der Waals surface area contributed by atoms with Crippen molar-refractivity contribution < 1.29 is 9.53 Å². The Morgan fingerprint density at radius 2 is 1.84 bits per heavy atom. The van der Waals surface area contributed by atoms with E-state index in [1.165, 1.54) is 4.57 Å². The SMILES string of the molecule is COc1ccc(CNc2nc3c(c(=O)n2C)CCN(C(=O)Nc2ccc(C)cc2)C3)cc1. The monoisotopic (exact) mass is 433 g/mol. The molecule has 2 aromatic carbocycles. The Balaban J connectivity index is 1.48. The average molecular weight is 434 g/mol. The van der Waals surface area contributed by atoms with Crippen LogP contribution in [0.5, 0.6) is 5.75 Å². The fourth-order valence-electron chi connectivity index (χ4n) is 3.68. The van der Waals surface area contributed by atoms with Gasteiger partial charge in [0.2, 0.25) is 5.95 Å². The van der Waals surface area contributed by atoms with Crippen LogP contribution in [-0.4, -0.2) is 34.1 Å². The topological polar surface area (TPSA) is 88.5 Å². The summed E-state index contributed by atoms with van der Waals surface area (Å²) < 4.78 is 6.72. The summed E-state index contributed by atoms with van der Waals surface area (Å²) in [6.07, 6.45) is 0.481. The molecule has 0 spiro atoms. The van der Waals surface area contributed by atoms with Gasteiger partial charge in [0.25, 0.3) is 5.56 Å². The zero-order valence-corrected chi connectivity index (χ0v) is 18.5. The summed E-state index contributed by atoms with van der Waals surface area (Å²) in [7, 11) is 3.34. The fraction of sp³-hybridized carbons (Fsp3) is 0.292. The van der Waals surface area contributed by atoms with Gasteiger partial charge in [-0.15, -0.1) is 0 Å². The van der Waals surface area contributed by atoms with Crippen LogP contribution in [0.2, 0.25) is 0 Å². The summed E-state index contributed by atoms with van der Waals surface area (Å²) in [6.45, 7) is 3.28. The number of nitrogens with zero attached hydrogens (tertiary/aromatic N) is 3. The molecular weight excluding hydrogens is 406 g/mol. The molecule has 0 atom stereocenters. The first kappa shape index (κ1) is 21.4. The first-order valence-corrected chi connectivity index (χ1v) is 10.5. The number of carbonyl (C=O) groups excluding carboxylic acids is 1. The van der Waals surface area contributed by atoms with E-state index in [-0.39, 0.29) is 11.6 Å². The highest BCUT2D eigenvalue weighted by atomic mass is 16.5. The summed E-state index contributed by atoms with van der Waals surface area (Å²) in [6, 6.07) is 15.1. The zero-order valence-electron chi connectivity index (χ0n) is 18.5. The molecule has 2 N–H and O–H groups in total. The van der Waals surface area contributed by atoms with E-state index < -0.39 is 0 Å². The van der Waals surface area contributed by atoms with Gasteiger partial charge < -0.3 is 20.3 Å². The lowest BCUT2D eigenvalue weighted by molar-refractivity contribution is 0.205. The molecule has 0 saturated heterocycles. The van der Waals surface area contributed by atoms with Crippen LogP contribution in [0.3, 0.4) is 0 Å². The van der Waals surface area contributed by atoms with Crippen LogP contribution in [0.15, 0.2) is 53.3 Å². The molecule has 8 heteroatoms. The van der Waals surface area contributed by atoms with Crippen molar-refractivity contribution in [2.45, 2.75) is 26.4 Å². The molecule has 3 aromatic rings. The molecule has 0 fully saturated rings. The number of ether oxygens (including phenoxy) is 1. The molecule has 1 aromatic heterocycles. The van der Waals surface area contributed by atoms with Gasteiger partial charge in [0, 0.05) is 31.4 Å². The number of nitrogens with one attached hydrogen (secondary N) is 2. The standard InChI is InChI=1S/C24H27N5O3/c1-16-4-8-18(9-5-16)26-24(31)29-13-12-20-21(15-29)27-23(28(2)22(20)30)25-14-17-6-10-19(32-3)11-7-17/h4-11H,12-15H2,1-3H3,(H,25,27)(H,26,31). The van der Waals surface area contributed by atoms with Crippen molar-refractivity contribution in [1.29, 1.82) is 0 Å². The van der Waals surface area contributed by atoms with Gasteiger partial charge >= 0.3 is 6.03 Å². The number of methoxy groups -OCH3 is 1. The minimum Gasteiger partial charge on any atom is -0.497 e. The maximum atomic E-state index is 12.9. The summed E-state index contributed by atoms with van der Waals surface area (Å²) in [5.74, 6) is 1.27. The molecule has 0 unspecified atom stereocenters. The lowest BCUT2D eigenvalue weighted by Gasteiger charge is -2.28. The molecule has 2 amide bonds. The molecule has 166 valence electrons. The van der Waals surface area contributed by atoms with Crippen LogP contribution >= 0.6 is 0 Å². The summed E-state index contributed by atoms with van der Waals surface area (Å²) >= 11 is 0. The second-order valence-electron chi connectivity index (χ2n) is 7.89. The minimum atomic E-state index is -0.199. The molecule has 2 heterocycles. The number of benzene rings is 2. The van der Waals surface area contributed by atoms with Crippen molar-refractivity contribution in [2.75, 3.05) is 24.3 Å². The number of carbonyl (C=O) groups is 1. The highest BCUT2D eigenvalue weighted by molar-refractivity contribution is 5.89. The Labute approximate surface area is 186 Å². The molecule has 32 heavy (non-hydrogen) atoms. The molecule has 1 aliphatic rings. The number of aromatic nitrogens is 2. The molecule has 0 bridgehead atoms. The Morgan fingerprint density at radius 3 is 2.53 bits per heavy atom. The lowest BCUT2D eigenvalue weighted by atomic mass is 10.1. The molecule has 0 radical (unpaired) electrons. The number of fused-ring (bicyclic) bond motifs is 1. The predicted octanol–water partition coefficient (Wildman–Crippen LogP) is 3.30. The molecular formula is C24H27N5O3. The maximum Gasteiger partial charge on any atom is 0.322 e. The zero-order chi connectivity index (χ0) is 22.7. The molecule has 1 aliphatic heterocycles. The summed E-state index contributed by atoms with van der Waals surface area (Å²) in [4.78, 5) is 32.0. The third-order valence-corrected chi connectivity index (χ3v) is 5.64. The highest BCUT2D eigenvalue weighted by Crippen LogP contribution is 2.19. The average Bonchev–Trinajstić information content (AvgIpc) is 2.82. The Bertz CT molecular complexity index is 1170. The number of anilines is 2. The van der Waals surface area contributed by atoms with Gasteiger partial charge in [-0.2, -0.15) is 0 Å². The minimum absolute atomic E-state index is 0.0779. The fourth-order valence-corrected chi connectivity index (χ4v) is 3.68. The van der Waals surface area contributed by atoms with Crippen LogP contribution in [-0.2, 0) is 26.6 Å². The van der Waals surface area contributed by atoms with Crippen molar-refractivity contribution in [3.63, 3.8) is 0 Å². The number of urea groups is 1. The third-order valence-electron chi connectivity index (χ3n) is 5.64. The van der Waals surface area contributed by atoms with Crippen molar-refractivity contribution in [3.8, 4) is 5.75 Å². The van der Waals surface area contributed by atoms with Crippen LogP contribution in [0.1, 0.15) is 22.4 Å². The van der Waals surface area contributed by atoms with Crippen molar-refractivity contribution in [2.24, 2.45) is 7.05 Å². The van der Waals surface area contributed by atoms with E-state index in [1.54, 1.807) is 19.1 Å². The van der Waals surface area contributed by atoms with E-state index in [0.29, 0.717) is 43.3 Å². The summed E-state index contributed by atoms with van der Waals surface area (Å²) in [5, 5.41) is 6.16. The lowest BCUT2D eigenvalue weighted by Crippen LogP contribution is -2.42. The summed E-state index contributed by atoms with van der Waals surface area (Å²) in [5.41, 5.74) is 4.13. The quantitative estimate of drug-likeness (QED) is 0.645. The predicted molar refractivity (Wildman–Crippen MR) is 124 cm³/mol. The number of hydrogen-bond acceptors (Lipinski definition) is 5. The Hall–Kier alpha value is -3.81. The van der Waals surface area contributed by atoms with Gasteiger partial charge in [-0.3, -0.25) is 9.36 Å². The first-order chi connectivity index (χ1) is 15.4. The van der Waals surface area contributed by atoms with E-state index in [1.807, 2.05) is 55.5 Å². The van der Waals surface area contributed by atoms with Gasteiger partial charge in [0.1, 0.15) is 5.75 Å². The maximum absolute atomic E-state index is 12.9. The first-order valence-electron chi connectivity index (χ1n) is 10.5. The normalized spacial score (nSPS) is 12.8. The van der Waals surface area contributed by atoms with Gasteiger partial charge in [-0.25, -0.2) is 9.78 Å². The second kappa shape index (κ2) is 9.13. The van der Waals surface area contributed by atoms with Crippen molar-refractivity contribution in [3.05, 3.63) is 81.3 Å². The smallest absolute Gasteiger partial charge is 0.322 e. The second-order valence-corrected chi connectivity index (χ2v) is 7.89. The molecule has 0 aliphatic carbocycles. The van der Waals surface area contributed by atoms with E-state index >= 15 is 0 Å².